The minimum atomic E-state index is -3.77. The van der Waals surface area contributed by atoms with Crippen LogP contribution < -0.4 is 5.32 Å². The first-order chi connectivity index (χ1) is 14.1. The lowest BCUT2D eigenvalue weighted by Crippen LogP contribution is -2.58. The number of ether oxygens (including phenoxy) is 1. The first-order valence-corrected chi connectivity index (χ1v) is 12.1. The van der Waals surface area contributed by atoms with Crippen molar-refractivity contribution >= 4 is 39.3 Å². The van der Waals surface area contributed by atoms with Gasteiger partial charge in [0.25, 0.3) is 0 Å². The van der Waals surface area contributed by atoms with Crippen molar-refractivity contribution in [3.05, 3.63) is 28.2 Å². The molecule has 0 radical (unpaired) electrons. The summed E-state index contributed by atoms with van der Waals surface area (Å²) >= 11 is 12.1. The molecule has 11 heteroatoms. The number of urea groups is 1. The fourth-order valence-electron chi connectivity index (χ4n) is 3.64. The zero-order valence-corrected chi connectivity index (χ0v) is 19.6. The Morgan fingerprint density at radius 3 is 2.37 bits per heavy atom. The average Bonchev–Trinajstić information content (AvgIpc) is 2.74. The average molecular weight is 479 g/mol. The molecule has 2 heterocycles. The molecule has 2 aliphatic heterocycles. The highest BCUT2D eigenvalue weighted by atomic mass is 35.5. The summed E-state index contributed by atoms with van der Waals surface area (Å²) in [7, 11) is -3.77. The van der Waals surface area contributed by atoms with E-state index in [0.29, 0.717) is 32.8 Å². The van der Waals surface area contributed by atoms with E-state index < -0.39 is 10.0 Å². The van der Waals surface area contributed by atoms with Gasteiger partial charge in [-0.3, -0.25) is 4.90 Å². The van der Waals surface area contributed by atoms with E-state index in [1.54, 1.807) is 17.0 Å². The van der Waals surface area contributed by atoms with E-state index in [0.717, 1.165) is 13.1 Å². The third-order valence-electron chi connectivity index (χ3n) is 5.60. The highest BCUT2D eigenvalue weighted by molar-refractivity contribution is 7.89. The van der Waals surface area contributed by atoms with Gasteiger partial charge in [-0.15, -0.1) is 0 Å². The predicted molar refractivity (Wildman–Crippen MR) is 117 cm³/mol. The van der Waals surface area contributed by atoms with E-state index >= 15 is 0 Å². The van der Waals surface area contributed by atoms with E-state index in [9.17, 15) is 13.2 Å². The third kappa shape index (κ3) is 5.20. The monoisotopic (exact) mass is 478 g/mol. The molecule has 0 spiro atoms. The standard InChI is InChI=1S/C19H28Cl2N4O4S/c1-19(2,24-10-12-29-13-11-24)14-22-18(26)23-6-8-25(9-7-23)30(27,28)16-5-3-4-15(20)17(16)21/h3-5H,6-14H2,1-2H3,(H,22,26). The largest absolute Gasteiger partial charge is 0.379 e. The van der Waals surface area contributed by atoms with Crippen molar-refractivity contribution in [1.29, 1.82) is 0 Å². The number of carbonyl (C=O) groups excluding carboxylic acids is 1. The summed E-state index contributed by atoms with van der Waals surface area (Å²) in [6, 6.07) is 4.36. The van der Waals surface area contributed by atoms with Crippen LogP contribution in [0.5, 0.6) is 0 Å². The summed E-state index contributed by atoms with van der Waals surface area (Å²) in [6.45, 7) is 8.78. The molecule has 0 atom stereocenters. The maximum atomic E-state index is 12.9. The third-order valence-corrected chi connectivity index (χ3v) is 8.47. The van der Waals surface area contributed by atoms with Crippen molar-refractivity contribution in [2.24, 2.45) is 0 Å². The van der Waals surface area contributed by atoms with Crippen LogP contribution in [0.4, 0.5) is 4.79 Å². The fourth-order valence-corrected chi connectivity index (χ4v) is 5.80. The topological polar surface area (TPSA) is 82.2 Å². The van der Waals surface area contributed by atoms with E-state index in [1.165, 1.54) is 10.4 Å². The molecule has 2 saturated heterocycles. The van der Waals surface area contributed by atoms with E-state index in [4.69, 9.17) is 27.9 Å². The van der Waals surface area contributed by atoms with Gasteiger partial charge in [-0.2, -0.15) is 4.31 Å². The summed E-state index contributed by atoms with van der Waals surface area (Å²) in [5, 5.41) is 3.20. The number of rotatable bonds is 5. The Morgan fingerprint density at radius 1 is 1.10 bits per heavy atom. The number of amides is 2. The Labute approximate surface area is 188 Å². The van der Waals surface area contributed by atoms with Gasteiger partial charge in [0.1, 0.15) is 4.90 Å². The lowest BCUT2D eigenvalue weighted by molar-refractivity contribution is -0.00911. The number of morpholine rings is 1. The van der Waals surface area contributed by atoms with Crippen LogP contribution in [0.2, 0.25) is 10.0 Å². The highest BCUT2D eigenvalue weighted by Crippen LogP contribution is 2.31. The molecule has 0 aromatic heterocycles. The summed E-state index contributed by atoms with van der Waals surface area (Å²) in [6.07, 6.45) is 0. The van der Waals surface area contributed by atoms with Gasteiger partial charge in [0, 0.05) is 51.4 Å². The van der Waals surface area contributed by atoms with Crippen LogP contribution in [0.1, 0.15) is 13.8 Å². The van der Waals surface area contributed by atoms with Crippen molar-refractivity contribution in [2.45, 2.75) is 24.3 Å². The first kappa shape index (κ1) is 23.6. The summed E-state index contributed by atoms with van der Waals surface area (Å²) in [5.74, 6) is 0. The normalized spacial score (nSPS) is 19.7. The van der Waals surface area contributed by atoms with Gasteiger partial charge in [-0.1, -0.05) is 29.3 Å². The van der Waals surface area contributed by atoms with Crippen molar-refractivity contribution in [1.82, 2.24) is 19.4 Å². The summed E-state index contributed by atoms with van der Waals surface area (Å²) in [4.78, 5) is 16.5. The van der Waals surface area contributed by atoms with E-state index in [-0.39, 0.29) is 39.6 Å². The molecule has 1 aromatic rings. The molecule has 2 amide bonds. The molecule has 1 N–H and O–H groups in total. The highest BCUT2D eigenvalue weighted by Gasteiger charge is 2.33. The minimum absolute atomic E-state index is 0.0122. The molecule has 2 fully saturated rings. The van der Waals surface area contributed by atoms with Crippen LogP contribution in [0.25, 0.3) is 0 Å². The molecular weight excluding hydrogens is 451 g/mol. The van der Waals surface area contributed by atoms with Crippen molar-refractivity contribution in [2.75, 3.05) is 59.0 Å². The van der Waals surface area contributed by atoms with Gasteiger partial charge in [0.2, 0.25) is 10.0 Å². The molecule has 1 aromatic carbocycles. The SMILES string of the molecule is CC(C)(CNC(=O)N1CCN(S(=O)(=O)c2cccc(Cl)c2Cl)CC1)N1CCOCC1. The summed E-state index contributed by atoms with van der Waals surface area (Å²) < 4.78 is 32.6. The minimum Gasteiger partial charge on any atom is -0.379 e. The van der Waals surface area contributed by atoms with Crippen LogP contribution >= 0.6 is 23.2 Å². The van der Waals surface area contributed by atoms with Gasteiger partial charge >= 0.3 is 6.03 Å². The van der Waals surface area contributed by atoms with Gasteiger partial charge in [0.05, 0.1) is 23.3 Å². The van der Waals surface area contributed by atoms with Gasteiger partial charge < -0.3 is 15.0 Å². The number of sulfonamides is 1. The zero-order chi connectivity index (χ0) is 21.9. The van der Waals surface area contributed by atoms with Gasteiger partial charge in [-0.05, 0) is 26.0 Å². The van der Waals surface area contributed by atoms with Gasteiger partial charge in [0.15, 0.2) is 0 Å². The summed E-state index contributed by atoms with van der Waals surface area (Å²) in [5.41, 5.74) is -0.187. The number of nitrogens with zero attached hydrogens (tertiary/aromatic N) is 3. The number of carbonyl (C=O) groups is 1. The van der Waals surface area contributed by atoms with E-state index in [1.807, 2.05) is 0 Å². The Bertz CT molecular complexity index is 867. The Morgan fingerprint density at radius 2 is 1.73 bits per heavy atom. The molecule has 2 aliphatic rings. The van der Waals surface area contributed by atoms with Crippen molar-refractivity contribution in [3.63, 3.8) is 0 Å². The van der Waals surface area contributed by atoms with Crippen LogP contribution in [0.15, 0.2) is 23.1 Å². The van der Waals surface area contributed by atoms with Crippen molar-refractivity contribution < 1.29 is 17.9 Å². The first-order valence-electron chi connectivity index (χ1n) is 9.93. The van der Waals surface area contributed by atoms with Crippen LogP contribution in [-0.4, -0.2) is 93.1 Å². The number of benzene rings is 1. The zero-order valence-electron chi connectivity index (χ0n) is 17.2. The molecule has 0 unspecified atom stereocenters. The second-order valence-corrected chi connectivity index (χ2v) is 10.7. The number of halogens is 2. The molecule has 0 saturated carbocycles. The predicted octanol–water partition coefficient (Wildman–Crippen LogP) is 2.12. The van der Waals surface area contributed by atoms with E-state index in [2.05, 4.69) is 24.1 Å². The molecule has 0 bridgehead atoms. The number of hydrogen-bond acceptors (Lipinski definition) is 5. The molecule has 8 nitrogen and oxygen atoms in total. The Hall–Kier alpha value is -1.10. The van der Waals surface area contributed by atoms with Crippen LogP contribution in [0.3, 0.4) is 0 Å². The maximum absolute atomic E-state index is 12.9. The lowest BCUT2D eigenvalue weighted by Gasteiger charge is -2.41. The lowest BCUT2D eigenvalue weighted by atomic mass is 10.0. The molecular formula is C19H28Cl2N4O4S. The molecule has 3 rings (SSSR count). The fraction of sp³-hybridized carbons (Fsp3) is 0.632. The van der Waals surface area contributed by atoms with Gasteiger partial charge in [-0.25, -0.2) is 13.2 Å². The second-order valence-electron chi connectivity index (χ2n) is 8.01. The van der Waals surface area contributed by atoms with Crippen LogP contribution in [-0.2, 0) is 14.8 Å². The number of nitrogens with one attached hydrogen (secondary N) is 1. The second kappa shape index (κ2) is 9.58. The Balaban J connectivity index is 1.54. The smallest absolute Gasteiger partial charge is 0.317 e. The quantitative estimate of drug-likeness (QED) is 0.700. The molecule has 0 aliphatic carbocycles. The van der Waals surface area contributed by atoms with Crippen molar-refractivity contribution in [3.8, 4) is 0 Å². The number of piperazine rings is 1. The Kier molecular flexibility index (Phi) is 7.53. The molecule has 168 valence electrons. The molecule has 30 heavy (non-hydrogen) atoms. The number of hydrogen-bond donors (Lipinski definition) is 1. The van der Waals surface area contributed by atoms with Crippen LogP contribution in [0, 0.1) is 0 Å². The maximum Gasteiger partial charge on any atom is 0.317 e.